The highest BCUT2D eigenvalue weighted by Crippen LogP contribution is 2.39. The van der Waals surface area contributed by atoms with Crippen LogP contribution in [0.4, 0.5) is 5.69 Å². The average Bonchev–Trinajstić information content (AvgIpc) is 3.17. The van der Waals surface area contributed by atoms with Gasteiger partial charge in [0.1, 0.15) is 17.7 Å². The van der Waals surface area contributed by atoms with Crippen LogP contribution in [0.1, 0.15) is 75.6 Å². The Morgan fingerprint density at radius 1 is 0.673 bits per heavy atom. The molecule has 11 nitrogen and oxygen atoms in total. The first-order chi connectivity index (χ1) is 25.3. The van der Waals surface area contributed by atoms with E-state index >= 15 is 0 Å². The fraction of sp³-hybridized carbons (Fsp3) is 0.325. The van der Waals surface area contributed by atoms with E-state index in [-0.39, 0.29) is 25.7 Å². The number of rotatable bonds is 18. The number of aliphatic hydroxyl groups is 3. The molecule has 1 amide bonds. The van der Waals surface area contributed by atoms with E-state index in [0.29, 0.717) is 74.9 Å². The molecular formula is C40H45ClN2O9. The third-order valence-electron chi connectivity index (χ3n) is 8.76. The lowest BCUT2D eigenvalue weighted by atomic mass is 10.0. The minimum atomic E-state index is -0.453. The molecule has 0 aromatic heterocycles. The number of ether oxygens (including phenoxy) is 5. The van der Waals surface area contributed by atoms with Crippen molar-refractivity contribution >= 4 is 35.3 Å². The second-order valence-corrected chi connectivity index (χ2v) is 12.6. The highest BCUT2D eigenvalue weighted by Gasteiger charge is 2.25. The van der Waals surface area contributed by atoms with Gasteiger partial charge in [-0.05, 0) is 103 Å². The molecule has 0 radical (unpaired) electrons. The standard InChI is InChI=1S/C40H45ClN2O9/c1-48-35-17-25(16-28(22-44)32(35)24-46)8-9-26-18-36(49-2)38(37(19-26)50-3)52-15-7-5-4-6-14-51-34-13-10-27(20-29(34)23-45)39-42-33-12-11-30(41)21-31(33)40(47)43-39/h8-13,16-21,39,42,44-46H,4-7,14-15,22-24H2,1-3H3,(H,43,47). The van der Waals surface area contributed by atoms with Crippen LogP contribution < -0.4 is 34.3 Å². The molecule has 5 N–H and O–H groups in total. The topological polar surface area (TPSA) is 148 Å². The lowest BCUT2D eigenvalue weighted by molar-refractivity contribution is 0.0935. The van der Waals surface area contributed by atoms with Crippen LogP contribution in [0.2, 0.25) is 5.02 Å². The molecule has 1 heterocycles. The molecule has 0 spiro atoms. The number of unbranched alkanes of at least 4 members (excludes halogenated alkanes) is 3. The van der Waals surface area contributed by atoms with Gasteiger partial charge in [-0.3, -0.25) is 4.79 Å². The summed E-state index contributed by atoms with van der Waals surface area (Å²) in [6.45, 7) is 0.328. The maximum absolute atomic E-state index is 12.6. The first-order valence-electron chi connectivity index (χ1n) is 17.0. The number of methoxy groups -OCH3 is 3. The molecule has 4 aromatic rings. The van der Waals surface area contributed by atoms with Crippen molar-refractivity contribution in [2.45, 2.75) is 51.7 Å². The van der Waals surface area contributed by atoms with E-state index in [4.69, 9.17) is 35.3 Å². The number of nitrogens with one attached hydrogen (secondary N) is 2. The van der Waals surface area contributed by atoms with Crippen LogP contribution >= 0.6 is 11.6 Å². The van der Waals surface area contributed by atoms with Crippen LogP contribution in [0.15, 0.2) is 60.7 Å². The highest BCUT2D eigenvalue weighted by molar-refractivity contribution is 6.31. The molecule has 1 aliphatic rings. The van der Waals surface area contributed by atoms with Gasteiger partial charge in [-0.15, -0.1) is 0 Å². The zero-order valence-corrected chi connectivity index (χ0v) is 30.3. The highest BCUT2D eigenvalue weighted by atomic mass is 35.5. The normalized spacial score (nSPS) is 13.7. The summed E-state index contributed by atoms with van der Waals surface area (Å²) in [5, 5.41) is 36.2. The number of carbonyl (C=O) groups is 1. The molecule has 4 aromatic carbocycles. The van der Waals surface area contributed by atoms with Crippen molar-refractivity contribution in [2.75, 3.05) is 39.9 Å². The molecule has 12 heteroatoms. The Balaban J connectivity index is 1.09. The van der Waals surface area contributed by atoms with Gasteiger partial charge in [-0.2, -0.15) is 0 Å². The van der Waals surface area contributed by atoms with Gasteiger partial charge in [-0.25, -0.2) is 0 Å². The Morgan fingerprint density at radius 2 is 1.31 bits per heavy atom. The maximum atomic E-state index is 12.6. The predicted octanol–water partition coefficient (Wildman–Crippen LogP) is 6.89. The minimum Gasteiger partial charge on any atom is -0.496 e. The zero-order chi connectivity index (χ0) is 37.0. The van der Waals surface area contributed by atoms with Crippen LogP contribution in [0.25, 0.3) is 12.2 Å². The molecule has 1 unspecified atom stereocenters. The summed E-state index contributed by atoms with van der Waals surface area (Å²) in [6.07, 6.45) is 6.82. The van der Waals surface area contributed by atoms with Crippen LogP contribution in [-0.4, -0.2) is 55.8 Å². The molecule has 1 atom stereocenters. The third kappa shape index (κ3) is 9.29. The number of benzene rings is 4. The Labute approximate surface area is 308 Å². The largest absolute Gasteiger partial charge is 0.496 e. The molecular weight excluding hydrogens is 688 g/mol. The third-order valence-corrected chi connectivity index (χ3v) is 8.99. The molecule has 0 aliphatic carbocycles. The summed E-state index contributed by atoms with van der Waals surface area (Å²) in [7, 11) is 4.69. The van der Waals surface area contributed by atoms with Crippen molar-refractivity contribution in [1.29, 1.82) is 0 Å². The number of hydrogen-bond acceptors (Lipinski definition) is 10. The summed E-state index contributed by atoms with van der Waals surface area (Å²) in [4.78, 5) is 12.6. The number of anilines is 1. The zero-order valence-electron chi connectivity index (χ0n) is 29.5. The summed E-state index contributed by atoms with van der Waals surface area (Å²) < 4.78 is 28.8. The smallest absolute Gasteiger partial charge is 0.255 e. The quantitative estimate of drug-likeness (QED) is 0.0542. The Hall–Kier alpha value is -4.94. The van der Waals surface area contributed by atoms with E-state index in [0.717, 1.165) is 42.4 Å². The van der Waals surface area contributed by atoms with Crippen LogP contribution in [0.5, 0.6) is 28.7 Å². The van der Waals surface area contributed by atoms with E-state index in [1.807, 2.05) is 48.6 Å². The van der Waals surface area contributed by atoms with Crippen molar-refractivity contribution in [1.82, 2.24) is 5.32 Å². The van der Waals surface area contributed by atoms with Gasteiger partial charge in [0.05, 0.1) is 59.9 Å². The number of halogens is 1. The summed E-state index contributed by atoms with van der Waals surface area (Å²) in [6, 6.07) is 18.0. The fourth-order valence-corrected chi connectivity index (χ4v) is 6.18. The molecule has 5 rings (SSSR count). The number of hydrogen-bond donors (Lipinski definition) is 5. The Kier molecular flexibility index (Phi) is 13.6. The number of fused-ring (bicyclic) bond motifs is 1. The summed E-state index contributed by atoms with van der Waals surface area (Å²) in [5.41, 5.74) is 5.40. The molecule has 0 saturated carbocycles. The molecule has 1 aliphatic heterocycles. The van der Waals surface area contributed by atoms with E-state index in [2.05, 4.69) is 10.6 Å². The Bertz CT molecular complexity index is 1830. The van der Waals surface area contributed by atoms with Gasteiger partial charge in [0.2, 0.25) is 5.75 Å². The van der Waals surface area contributed by atoms with E-state index < -0.39 is 6.17 Å². The van der Waals surface area contributed by atoms with Crippen molar-refractivity contribution in [3.8, 4) is 28.7 Å². The number of aliphatic hydroxyl groups excluding tert-OH is 3. The molecule has 52 heavy (non-hydrogen) atoms. The molecule has 0 bridgehead atoms. The van der Waals surface area contributed by atoms with Crippen molar-refractivity contribution in [2.24, 2.45) is 0 Å². The van der Waals surface area contributed by atoms with Crippen molar-refractivity contribution in [3.63, 3.8) is 0 Å². The van der Waals surface area contributed by atoms with Gasteiger partial charge < -0.3 is 49.6 Å². The predicted molar refractivity (Wildman–Crippen MR) is 200 cm³/mol. The van der Waals surface area contributed by atoms with Gasteiger partial charge in [0.25, 0.3) is 5.91 Å². The molecule has 276 valence electrons. The van der Waals surface area contributed by atoms with E-state index in [1.54, 1.807) is 38.5 Å². The summed E-state index contributed by atoms with van der Waals surface area (Å²) in [5.74, 6) is 2.50. The van der Waals surface area contributed by atoms with Gasteiger partial charge in [0, 0.05) is 21.8 Å². The fourth-order valence-electron chi connectivity index (χ4n) is 6.01. The molecule has 0 saturated heterocycles. The number of amides is 1. The Morgan fingerprint density at radius 3 is 1.94 bits per heavy atom. The first kappa shape index (κ1) is 38.3. The maximum Gasteiger partial charge on any atom is 0.255 e. The van der Waals surface area contributed by atoms with E-state index in [9.17, 15) is 20.1 Å². The van der Waals surface area contributed by atoms with Gasteiger partial charge in [-0.1, -0.05) is 29.8 Å². The average molecular weight is 733 g/mol. The summed E-state index contributed by atoms with van der Waals surface area (Å²) >= 11 is 6.05. The van der Waals surface area contributed by atoms with Crippen LogP contribution in [-0.2, 0) is 19.8 Å². The van der Waals surface area contributed by atoms with Crippen molar-refractivity contribution in [3.05, 3.63) is 105 Å². The SMILES string of the molecule is COc1cc(C=Cc2cc(OC)c(OCCCCCCOc3ccc(C4NC(=O)c5cc(Cl)ccc5N4)cc3CO)c(OC)c2)cc(CO)c1CO. The first-order valence-corrected chi connectivity index (χ1v) is 17.4. The minimum absolute atomic E-state index is 0.197. The second-order valence-electron chi connectivity index (χ2n) is 12.1. The van der Waals surface area contributed by atoms with E-state index in [1.165, 1.54) is 7.11 Å². The van der Waals surface area contributed by atoms with Crippen LogP contribution in [0.3, 0.4) is 0 Å². The lowest BCUT2D eigenvalue weighted by Crippen LogP contribution is -2.38. The second kappa shape index (κ2) is 18.5. The van der Waals surface area contributed by atoms with Crippen LogP contribution in [0, 0.1) is 0 Å². The van der Waals surface area contributed by atoms with Crippen molar-refractivity contribution < 1.29 is 43.8 Å². The number of carbonyl (C=O) groups excluding carboxylic acids is 1. The molecule has 0 fully saturated rings. The monoisotopic (exact) mass is 732 g/mol. The lowest BCUT2D eigenvalue weighted by Gasteiger charge is -2.28. The van der Waals surface area contributed by atoms with Gasteiger partial charge >= 0.3 is 0 Å². The van der Waals surface area contributed by atoms with Gasteiger partial charge in [0.15, 0.2) is 11.5 Å².